The molecule has 6 heteroatoms. The Morgan fingerprint density at radius 2 is 1.68 bits per heavy atom. The lowest BCUT2D eigenvalue weighted by Crippen LogP contribution is -2.13. The summed E-state index contributed by atoms with van der Waals surface area (Å²) in [4.78, 5) is 13.1. The number of hydrogen-bond acceptors (Lipinski definition) is 2. The minimum Gasteiger partial charge on any atom is -0.495 e. The molecule has 156 valence electrons. The summed E-state index contributed by atoms with van der Waals surface area (Å²) in [6.45, 7) is 1.88. The molecule has 0 fully saturated rings. The number of amides is 1. The Labute approximate surface area is 184 Å². The van der Waals surface area contributed by atoms with E-state index in [2.05, 4.69) is 5.32 Å². The minimum absolute atomic E-state index is 0.284. The molecule has 4 nitrogen and oxygen atoms in total. The van der Waals surface area contributed by atoms with Crippen molar-refractivity contribution in [2.45, 2.75) is 6.92 Å². The third-order valence-electron chi connectivity index (χ3n) is 5.06. The van der Waals surface area contributed by atoms with Crippen LogP contribution in [0.5, 0.6) is 5.75 Å². The molecular formula is C25H20ClFN2O2. The van der Waals surface area contributed by atoms with E-state index in [9.17, 15) is 9.18 Å². The molecule has 0 unspecified atom stereocenters. The Morgan fingerprint density at radius 1 is 1.00 bits per heavy atom. The highest BCUT2D eigenvalue weighted by atomic mass is 35.5. The Balaban J connectivity index is 1.84. The zero-order chi connectivity index (χ0) is 22.0. The van der Waals surface area contributed by atoms with Crippen LogP contribution in [0.3, 0.4) is 0 Å². The summed E-state index contributed by atoms with van der Waals surface area (Å²) < 4.78 is 20.8. The van der Waals surface area contributed by atoms with Gasteiger partial charge in [0.15, 0.2) is 0 Å². The molecule has 1 heterocycles. The van der Waals surface area contributed by atoms with Gasteiger partial charge in [0, 0.05) is 16.4 Å². The fraction of sp³-hybridized carbons (Fsp3) is 0.0800. The van der Waals surface area contributed by atoms with E-state index in [-0.39, 0.29) is 11.7 Å². The maximum absolute atomic E-state index is 13.2. The number of hydrogen-bond donors (Lipinski definition) is 1. The van der Waals surface area contributed by atoms with E-state index >= 15 is 0 Å². The molecule has 0 atom stereocenters. The van der Waals surface area contributed by atoms with Crippen LogP contribution in [0.25, 0.3) is 16.9 Å². The maximum atomic E-state index is 13.2. The third kappa shape index (κ3) is 4.18. The van der Waals surface area contributed by atoms with Gasteiger partial charge in [0.05, 0.1) is 24.1 Å². The standard InChI is InChI=1S/C25H20ClFN2O2/c1-16-21(25(30)28-20-13-11-19(27)12-14-20)15-23(17-7-9-18(26)10-8-17)29(16)22-5-3-4-6-24(22)31-2/h3-15H,1-2H3,(H,28,30). The minimum atomic E-state index is -0.360. The third-order valence-corrected chi connectivity index (χ3v) is 5.31. The molecule has 4 rings (SSSR count). The first-order valence-corrected chi connectivity index (χ1v) is 10.0. The van der Waals surface area contributed by atoms with Crippen molar-refractivity contribution in [3.8, 4) is 22.7 Å². The zero-order valence-corrected chi connectivity index (χ0v) is 17.8. The summed E-state index contributed by atoms with van der Waals surface area (Å²) in [5.74, 6) is 0.0383. The van der Waals surface area contributed by atoms with Crippen molar-refractivity contribution in [3.63, 3.8) is 0 Å². The molecule has 1 aromatic heterocycles. The molecule has 0 aliphatic carbocycles. The quantitative estimate of drug-likeness (QED) is 0.389. The SMILES string of the molecule is COc1ccccc1-n1c(-c2ccc(Cl)cc2)cc(C(=O)Nc2ccc(F)cc2)c1C. The fourth-order valence-corrected chi connectivity index (χ4v) is 3.65. The second-order valence-electron chi connectivity index (χ2n) is 7.00. The summed E-state index contributed by atoms with van der Waals surface area (Å²) in [7, 11) is 1.61. The van der Waals surface area contributed by atoms with Gasteiger partial charge in [-0.1, -0.05) is 35.9 Å². The molecule has 0 saturated heterocycles. The van der Waals surface area contributed by atoms with E-state index in [4.69, 9.17) is 16.3 Å². The summed E-state index contributed by atoms with van der Waals surface area (Å²) in [5, 5.41) is 3.47. The first kappa shape index (κ1) is 20.7. The number of rotatable bonds is 5. The Hall–Kier alpha value is -3.57. The van der Waals surface area contributed by atoms with Crippen LogP contribution in [-0.4, -0.2) is 17.6 Å². The molecule has 1 N–H and O–H groups in total. The average Bonchev–Trinajstić information content (AvgIpc) is 3.12. The van der Waals surface area contributed by atoms with Crippen molar-refractivity contribution < 1.29 is 13.9 Å². The molecule has 0 aliphatic rings. The number of halogens is 2. The predicted molar refractivity (Wildman–Crippen MR) is 122 cm³/mol. The molecule has 3 aromatic carbocycles. The van der Waals surface area contributed by atoms with E-state index in [0.717, 1.165) is 22.6 Å². The van der Waals surface area contributed by atoms with E-state index in [1.165, 1.54) is 24.3 Å². The van der Waals surface area contributed by atoms with Gasteiger partial charge >= 0.3 is 0 Å². The van der Waals surface area contributed by atoms with Gasteiger partial charge in [0.2, 0.25) is 0 Å². The molecule has 4 aromatic rings. The van der Waals surface area contributed by atoms with Crippen LogP contribution in [0.1, 0.15) is 16.1 Å². The zero-order valence-electron chi connectivity index (χ0n) is 17.0. The number of para-hydroxylation sites is 2. The van der Waals surface area contributed by atoms with Gasteiger partial charge < -0.3 is 14.6 Å². The molecule has 1 amide bonds. The molecular weight excluding hydrogens is 415 g/mol. The molecule has 0 saturated carbocycles. The average molecular weight is 435 g/mol. The van der Waals surface area contributed by atoms with E-state index < -0.39 is 0 Å². The first-order valence-electron chi connectivity index (χ1n) is 9.66. The van der Waals surface area contributed by atoms with Gasteiger partial charge in [-0.15, -0.1) is 0 Å². The van der Waals surface area contributed by atoms with Crippen LogP contribution in [0.15, 0.2) is 78.9 Å². The van der Waals surface area contributed by atoms with Gasteiger partial charge in [0.1, 0.15) is 11.6 Å². The van der Waals surface area contributed by atoms with Gasteiger partial charge in [-0.2, -0.15) is 0 Å². The lowest BCUT2D eigenvalue weighted by atomic mass is 10.1. The lowest BCUT2D eigenvalue weighted by Gasteiger charge is -2.15. The topological polar surface area (TPSA) is 43.3 Å². The number of aromatic nitrogens is 1. The number of carbonyl (C=O) groups excluding carboxylic acids is 1. The van der Waals surface area contributed by atoms with Crippen LogP contribution in [0, 0.1) is 12.7 Å². The van der Waals surface area contributed by atoms with Gasteiger partial charge in [-0.25, -0.2) is 4.39 Å². The number of benzene rings is 3. The molecule has 0 radical (unpaired) electrons. The summed E-state index contributed by atoms with van der Waals surface area (Å²) in [5.41, 5.74) is 4.30. The maximum Gasteiger partial charge on any atom is 0.257 e. The highest BCUT2D eigenvalue weighted by Gasteiger charge is 2.21. The number of methoxy groups -OCH3 is 1. The highest BCUT2D eigenvalue weighted by Crippen LogP contribution is 2.34. The van der Waals surface area contributed by atoms with E-state index in [1.807, 2.05) is 66.1 Å². The van der Waals surface area contributed by atoms with Crippen molar-refractivity contribution in [2.75, 3.05) is 12.4 Å². The van der Waals surface area contributed by atoms with Gasteiger partial charge in [-0.3, -0.25) is 4.79 Å². The van der Waals surface area contributed by atoms with E-state index in [1.54, 1.807) is 7.11 Å². The number of nitrogens with one attached hydrogen (secondary N) is 1. The summed E-state index contributed by atoms with van der Waals surface area (Å²) >= 11 is 6.07. The van der Waals surface area contributed by atoms with Gasteiger partial charge in [0.25, 0.3) is 5.91 Å². The number of nitrogens with zero attached hydrogens (tertiary/aromatic N) is 1. The number of carbonyl (C=O) groups is 1. The van der Waals surface area contributed by atoms with Crippen LogP contribution in [0.2, 0.25) is 5.02 Å². The molecule has 0 spiro atoms. The Bertz CT molecular complexity index is 1230. The second kappa shape index (κ2) is 8.66. The van der Waals surface area contributed by atoms with E-state index in [0.29, 0.717) is 22.0 Å². The highest BCUT2D eigenvalue weighted by molar-refractivity contribution is 6.30. The van der Waals surface area contributed by atoms with Crippen LogP contribution in [-0.2, 0) is 0 Å². The van der Waals surface area contributed by atoms with Crippen molar-refractivity contribution in [2.24, 2.45) is 0 Å². The second-order valence-corrected chi connectivity index (χ2v) is 7.44. The van der Waals surface area contributed by atoms with Crippen molar-refractivity contribution in [3.05, 3.63) is 101 Å². The van der Waals surface area contributed by atoms with Gasteiger partial charge in [-0.05, 0) is 67.1 Å². The van der Waals surface area contributed by atoms with Crippen molar-refractivity contribution >= 4 is 23.2 Å². The monoisotopic (exact) mass is 434 g/mol. The van der Waals surface area contributed by atoms with Crippen molar-refractivity contribution in [1.29, 1.82) is 0 Å². The molecule has 0 aliphatic heterocycles. The summed E-state index contributed by atoms with van der Waals surface area (Å²) in [6.07, 6.45) is 0. The smallest absolute Gasteiger partial charge is 0.257 e. The lowest BCUT2D eigenvalue weighted by molar-refractivity contribution is 0.102. The predicted octanol–water partition coefficient (Wildman–Crippen LogP) is 6.51. The molecule has 31 heavy (non-hydrogen) atoms. The van der Waals surface area contributed by atoms with Crippen LogP contribution >= 0.6 is 11.6 Å². The van der Waals surface area contributed by atoms with Crippen molar-refractivity contribution in [1.82, 2.24) is 4.57 Å². The molecule has 0 bridgehead atoms. The Morgan fingerprint density at radius 3 is 2.35 bits per heavy atom. The number of anilines is 1. The Kier molecular flexibility index (Phi) is 5.78. The number of ether oxygens (including phenoxy) is 1. The largest absolute Gasteiger partial charge is 0.495 e. The summed E-state index contributed by atoms with van der Waals surface area (Å²) in [6, 6.07) is 22.6. The van der Waals surface area contributed by atoms with Crippen LogP contribution in [0.4, 0.5) is 10.1 Å². The van der Waals surface area contributed by atoms with Crippen LogP contribution < -0.4 is 10.1 Å². The first-order chi connectivity index (χ1) is 15.0. The normalized spacial score (nSPS) is 10.7. The fourth-order valence-electron chi connectivity index (χ4n) is 3.53.